The molecule has 2 aromatic carbocycles. The second-order valence-electron chi connectivity index (χ2n) is 5.44. The van der Waals surface area contributed by atoms with Crippen molar-refractivity contribution in [1.82, 2.24) is 4.98 Å². The van der Waals surface area contributed by atoms with Crippen molar-refractivity contribution < 1.29 is 21.9 Å². The summed E-state index contributed by atoms with van der Waals surface area (Å²) < 4.78 is 58.8. The summed E-state index contributed by atoms with van der Waals surface area (Å²) in [5, 5.41) is 9.42. The summed E-state index contributed by atoms with van der Waals surface area (Å²) in [6.07, 6.45) is 0.861. The van der Waals surface area contributed by atoms with E-state index in [1.165, 1.54) is 18.2 Å². The number of pyridine rings is 1. The van der Waals surface area contributed by atoms with Gasteiger partial charge >= 0.3 is 0 Å². The van der Waals surface area contributed by atoms with Crippen LogP contribution in [0.2, 0.25) is 5.02 Å². The smallest absolute Gasteiger partial charge is 0.263 e. The summed E-state index contributed by atoms with van der Waals surface area (Å²) in [5.41, 5.74) is -0.102. The van der Waals surface area contributed by atoms with E-state index in [4.69, 9.17) is 16.3 Å². The fraction of sp³-hybridized carbons (Fsp3) is 0. The molecule has 1 heterocycles. The van der Waals surface area contributed by atoms with Gasteiger partial charge < -0.3 is 4.74 Å². The molecule has 28 heavy (non-hydrogen) atoms. The lowest BCUT2D eigenvalue weighted by atomic mass is 10.2. The number of benzene rings is 2. The van der Waals surface area contributed by atoms with E-state index >= 15 is 0 Å². The van der Waals surface area contributed by atoms with Gasteiger partial charge in [0, 0.05) is 11.1 Å². The fourth-order valence-corrected chi connectivity index (χ4v) is 3.45. The topological polar surface area (TPSA) is 92.1 Å². The zero-order valence-electron chi connectivity index (χ0n) is 13.9. The van der Waals surface area contributed by atoms with Crippen LogP contribution in [0.25, 0.3) is 0 Å². The number of sulfonamides is 1. The first-order valence-electron chi connectivity index (χ1n) is 7.59. The Hall–Kier alpha value is -3.22. The zero-order chi connectivity index (χ0) is 20.3. The molecule has 0 fully saturated rings. The van der Waals surface area contributed by atoms with Crippen molar-refractivity contribution in [2.24, 2.45) is 0 Å². The minimum atomic E-state index is -4.08. The van der Waals surface area contributed by atoms with E-state index in [-0.39, 0.29) is 32.8 Å². The number of rotatable bonds is 5. The van der Waals surface area contributed by atoms with E-state index in [1.54, 1.807) is 0 Å². The molecular formula is C18H10ClF2N3O3S. The van der Waals surface area contributed by atoms with Crippen molar-refractivity contribution in [3.8, 4) is 17.6 Å². The average Bonchev–Trinajstić information content (AvgIpc) is 2.63. The SMILES string of the molecule is N#Cc1cc(S(=O)(=O)Nc2ccc(F)cn2)ccc1Oc1cc(F)cc(Cl)c1. The van der Waals surface area contributed by atoms with E-state index in [2.05, 4.69) is 9.71 Å². The zero-order valence-corrected chi connectivity index (χ0v) is 15.4. The lowest BCUT2D eigenvalue weighted by Gasteiger charge is -2.11. The Kier molecular flexibility index (Phi) is 5.44. The molecule has 0 bridgehead atoms. The Morgan fingerprint density at radius 1 is 1.07 bits per heavy atom. The highest BCUT2D eigenvalue weighted by atomic mass is 35.5. The molecule has 0 amide bonds. The summed E-state index contributed by atoms with van der Waals surface area (Å²) in [6.45, 7) is 0. The van der Waals surface area contributed by atoms with Crippen LogP contribution in [-0.4, -0.2) is 13.4 Å². The van der Waals surface area contributed by atoms with Crippen molar-refractivity contribution in [3.05, 3.63) is 76.9 Å². The van der Waals surface area contributed by atoms with Crippen LogP contribution in [0.5, 0.6) is 11.5 Å². The standard InChI is InChI=1S/C18H10ClF2N3O3S/c19-12-6-14(21)8-15(7-12)27-17-3-2-16(5-11(17)9-22)28(25,26)24-18-4-1-13(20)10-23-18/h1-8,10H,(H,23,24). The number of nitrogens with zero attached hydrogens (tertiary/aromatic N) is 2. The first-order chi connectivity index (χ1) is 13.3. The highest BCUT2D eigenvalue weighted by molar-refractivity contribution is 7.92. The predicted molar refractivity (Wildman–Crippen MR) is 97.6 cm³/mol. The minimum Gasteiger partial charge on any atom is -0.456 e. The number of aromatic nitrogens is 1. The largest absolute Gasteiger partial charge is 0.456 e. The van der Waals surface area contributed by atoms with Crippen LogP contribution in [0.1, 0.15) is 5.56 Å². The molecule has 0 aliphatic rings. The quantitative estimate of drug-likeness (QED) is 0.655. The van der Waals surface area contributed by atoms with Crippen molar-refractivity contribution in [1.29, 1.82) is 5.26 Å². The molecule has 1 aromatic heterocycles. The predicted octanol–water partition coefficient (Wildman–Crippen LogP) is 4.48. The number of hydrogen-bond donors (Lipinski definition) is 1. The van der Waals surface area contributed by atoms with Gasteiger partial charge in [0.15, 0.2) is 0 Å². The number of nitriles is 1. The molecule has 142 valence electrons. The summed E-state index contributed by atoms with van der Waals surface area (Å²) in [5.74, 6) is -1.27. The molecule has 0 spiro atoms. The maximum atomic E-state index is 13.4. The third-order valence-electron chi connectivity index (χ3n) is 3.41. The summed E-state index contributed by atoms with van der Waals surface area (Å²) in [4.78, 5) is 3.38. The van der Waals surface area contributed by atoms with Gasteiger partial charge in [-0.25, -0.2) is 22.2 Å². The molecule has 0 saturated carbocycles. The number of hydrogen-bond acceptors (Lipinski definition) is 5. The van der Waals surface area contributed by atoms with Gasteiger partial charge in [-0.05, 0) is 42.5 Å². The molecule has 0 atom stereocenters. The summed E-state index contributed by atoms with van der Waals surface area (Å²) >= 11 is 5.76. The highest BCUT2D eigenvalue weighted by Gasteiger charge is 2.18. The van der Waals surface area contributed by atoms with E-state index in [0.29, 0.717) is 0 Å². The van der Waals surface area contributed by atoms with Gasteiger partial charge in [-0.15, -0.1) is 0 Å². The third-order valence-corrected chi connectivity index (χ3v) is 4.98. The molecule has 0 radical (unpaired) electrons. The maximum absolute atomic E-state index is 13.4. The third kappa shape index (κ3) is 4.54. The van der Waals surface area contributed by atoms with Gasteiger partial charge in [-0.1, -0.05) is 11.6 Å². The second kappa shape index (κ2) is 7.80. The Labute approximate surface area is 164 Å². The van der Waals surface area contributed by atoms with Gasteiger partial charge in [0.25, 0.3) is 10.0 Å². The van der Waals surface area contributed by atoms with Gasteiger partial charge in [0.1, 0.15) is 35.0 Å². The molecular weight excluding hydrogens is 412 g/mol. The van der Waals surface area contributed by atoms with Crippen molar-refractivity contribution in [2.45, 2.75) is 4.90 Å². The van der Waals surface area contributed by atoms with Crippen molar-refractivity contribution in [3.63, 3.8) is 0 Å². The maximum Gasteiger partial charge on any atom is 0.263 e. The van der Waals surface area contributed by atoms with Gasteiger partial charge in [0.05, 0.1) is 16.7 Å². The van der Waals surface area contributed by atoms with Crippen LogP contribution in [-0.2, 0) is 10.0 Å². The number of ether oxygens (including phenoxy) is 1. The molecule has 1 N–H and O–H groups in total. The van der Waals surface area contributed by atoms with Gasteiger partial charge in [0.2, 0.25) is 0 Å². The fourth-order valence-electron chi connectivity index (χ4n) is 2.20. The van der Waals surface area contributed by atoms with Crippen molar-refractivity contribution in [2.75, 3.05) is 4.72 Å². The molecule has 0 unspecified atom stereocenters. The Morgan fingerprint density at radius 2 is 1.86 bits per heavy atom. The van der Waals surface area contributed by atoms with Gasteiger partial charge in [-0.3, -0.25) is 4.72 Å². The Morgan fingerprint density at radius 3 is 2.50 bits per heavy atom. The molecule has 0 aliphatic carbocycles. The first-order valence-corrected chi connectivity index (χ1v) is 9.45. The van der Waals surface area contributed by atoms with E-state index in [9.17, 15) is 22.5 Å². The molecule has 10 heteroatoms. The average molecular weight is 422 g/mol. The lowest BCUT2D eigenvalue weighted by molar-refractivity contribution is 0.475. The molecule has 3 rings (SSSR count). The van der Waals surface area contributed by atoms with Crippen LogP contribution in [0.3, 0.4) is 0 Å². The van der Waals surface area contributed by atoms with Crippen molar-refractivity contribution >= 4 is 27.4 Å². The Balaban J connectivity index is 1.90. The normalized spacial score (nSPS) is 10.9. The number of halogens is 3. The molecule has 6 nitrogen and oxygen atoms in total. The van der Waals surface area contributed by atoms with Crippen LogP contribution in [0, 0.1) is 23.0 Å². The first kappa shape index (κ1) is 19.5. The molecule has 0 saturated heterocycles. The number of nitrogens with one attached hydrogen (secondary N) is 1. The Bertz CT molecular complexity index is 1160. The molecule has 0 aliphatic heterocycles. The summed E-state index contributed by atoms with van der Waals surface area (Å²) in [7, 11) is -4.08. The second-order valence-corrected chi connectivity index (χ2v) is 7.56. The summed E-state index contributed by atoms with van der Waals surface area (Å²) in [6, 6.07) is 11.1. The lowest BCUT2D eigenvalue weighted by Crippen LogP contribution is -2.14. The van der Waals surface area contributed by atoms with E-state index < -0.39 is 21.7 Å². The van der Waals surface area contributed by atoms with E-state index in [1.807, 2.05) is 6.07 Å². The van der Waals surface area contributed by atoms with Gasteiger partial charge in [-0.2, -0.15) is 5.26 Å². The highest BCUT2D eigenvalue weighted by Crippen LogP contribution is 2.30. The van der Waals surface area contributed by atoms with Crippen LogP contribution in [0.15, 0.2) is 59.6 Å². The number of anilines is 1. The van der Waals surface area contributed by atoms with E-state index in [0.717, 1.165) is 36.5 Å². The molecule has 3 aromatic rings. The van der Waals surface area contributed by atoms with Crippen LogP contribution < -0.4 is 9.46 Å². The minimum absolute atomic E-state index is 0.0167. The monoisotopic (exact) mass is 421 g/mol. The van der Waals surface area contributed by atoms with Crippen LogP contribution >= 0.6 is 11.6 Å². The van der Waals surface area contributed by atoms with Crippen LogP contribution in [0.4, 0.5) is 14.6 Å².